The largest absolute Gasteiger partial charge is 0.503 e. The fourth-order valence-corrected chi connectivity index (χ4v) is 7.20. The summed E-state index contributed by atoms with van der Waals surface area (Å²) in [6, 6.07) is 12.6. The van der Waals surface area contributed by atoms with Gasteiger partial charge in [-0.05, 0) is 38.0 Å². The number of anilines is 1. The SMILES string of the molecule is CCCCOc1ccccc1C1C(C(=O)c2sc(C)nc2C)=C(O)C(=O)N1c1nnc(SCc2ccccc2F)s1. The van der Waals surface area contributed by atoms with Gasteiger partial charge >= 0.3 is 0 Å². The molecule has 0 saturated heterocycles. The minimum Gasteiger partial charge on any atom is -0.503 e. The van der Waals surface area contributed by atoms with Crippen molar-refractivity contribution >= 4 is 51.3 Å². The molecule has 1 atom stereocenters. The molecule has 0 fully saturated rings. The van der Waals surface area contributed by atoms with Crippen molar-refractivity contribution in [2.24, 2.45) is 0 Å². The number of carbonyl (C=O) groups excluding carboxylic acids is 2. The van der Waals surface area contributed by atoms with Crippen LogP contribution in [0.3, 0.4) is 0 Å². The second kappa shape index (κ2) is 12.5. The van der Waals surface area contributed by atoms with Gasteiger partial charge in [-0.1, -0.05) is 72.8 Å². The third-order valence-electron chi connectivity index (χ3n) is 6.44. The van der Waals surface area contributed by atoms with Crippen LogP contribution in [0.15, 0.2) is 64.2 Å². The molecular weight excluding hydrogens is 584 g/mol. The van der Waals surface area contributed by atoms with Gasteiger partial charge in [-0.3, -0.25) is 14.5 Å². The van der Waals surface area contributed by atoms with E-state index in [1.807, 2.05) is 6.07 Å². The summed E-state index contributed by atoms with van der Waals surface area (Å²) in [6.07, 6.45) is 1.76. The van der Waals surface area contributed by atoms with E-state index in [-0.39, 0.29) is 16.5 Å². The van der Waals surface area contributed by atoms with E-state index in [1.54, 1.807) is 50.2 Å². The maximum atomic E-state index is 14.1. The summed E-state index contributed by atoms with van der Waals surface area (Å²) >= 11 is 3.62. The number of benzene rings is 2. The van der Waals surface area contributed by atoms with Crippen LogP contribution >= 0.6 is 34.4 Å². The summed E-state index contributed by atoms with van der Waals surface area (Å²) in [5, 5.41) is 20.5. The van der Waals surface area contributed by atoms with Crippen LogP contribution in [0.5, 0.6) is 5.75 Å². The summed E-state index contributed by atoms with van der Waals surface area (Å²) in [5.41, 5.74) is 1.52. The van der Waals surface area contributed by atoms with Crippen LogP contribution < -0.4 is 9.64 Å². The highest BCUT2D eigenvalue weighted by Gasteiger charge is 2.47. The van der Waals surface area contributed by atoms with Gasteiger partial charge in [-0.15, -0.1) is 21.5 Å². The van der Waals surface area contributed by atoms with Gasteiger partial charge in [0, 0.05) is 11.3 Å². The topological polar surface area (TPSA) is 106 Å². The minimum atomic E-state index is -1.01. The summed E-state index contributed by atoms with van der Waals surface area (Å²) in [6.45, 7) is 6.03. The lowest BCUT2D eigenvalue weighted by Crippen LogP contribution is -2.31. The van der Waals surface area contributed by atoms with E-state index in [0.29, 0.717) is 49.2 Å². The van der Waals surface area contributed by atoms with E-state index >= 15 is 0 Å². The average molecular weight is 611 g/mol. The monoisotopic (exact) mass is 610 g/mol. The first-order chi connectivity index (χ1) is 19.8. The number of carbonyl (C=O) groups is 2. The first kappa shape index (κ1) is 28.9. The molecule has 41 heavy (non-hydrogen) atoms. The number of rotatable bonds is 11. The predicted octanol–water partition coefficient (Wildman–Crippen LogP) is 7.00. The molecular formula is C29H27FN4O4S3. The first-order valence-corrected chi connectivity index (χ1v) is 15.6. The number of thiazole rings is 1. The fourth-order valence-electron chi connectivity index (χ4n) is 4.47. The van der Waals surface area contributed by atoms with Gasteiger partial charge in [0.1, 0.15) is 17.6 Å². The Labute approximate surface area is 248 Å². The second-order valence-corrected chi connectivity index (χ2v) is 12.7. The molecule has 1 N–H and O–H groups in total. The number of aromatic nitrogens is 3. The number of ether oxygens (including phenoxy) is 1. The molecule has 3 heterocycles. The summed E-state index contributed by atoms with van der Waals surface area (Å²) in [4.78, 5) is 33.6. The molecule has 1 unspecified atom stereocenters. The van der Waals surface area contributed by atoms with Crippen LogP contribution in [0.2, 0.25) is 0 Å². The number of unbranched alkanes of at least 4 members (excludes halogenated alkanes) is 1. The van der Waals surface area contributed by atoms with E-state index in [0.717, 1.165) is 24.2 Å². The van der Waals surface area contributed by atoms with Gasteiger partial charge in [-0.2, -0.15) is 0 Å². The van der Waals surface area contributed by atoms with Crippen LogP contribution in [-0.4, -0.2) is 38.6 Å². The number of aryl methyl sites for hydroxylation is 2. The smallest absolute Gasteiger partial charge is 0.296 e. The summed E-state index contributed by atoms with van der Waals surface area (Å²) < 4.78 is 20.7. The van der Waals surface area contributed by atoms with Crippen LogP contribution in [0.4, 0.5) is 9.52 Å². The number of aliphatic hydroxyl groups excluding tert-OH is 1. The molecule has 1 aliphatic heterocycles. The zero-order valence-corrected chi connectivity index (χ0v) is 25.0. The Kier molecular flexibility index (Phi) is 8.81. The van der Waals surface area contributed by atoms with E-state index in [9.17, 15) is 19.1 Å². The zero-order chi connectivity index (χ0) is 29.1. The van der Waals surface area contributed by atoms with Gasteiger partial charge in [-0.25, -0.2) is 9.37 Å². The van der Waals surface area contributed by atoms with Gasteiger partial charge in [0.15, 0.2) is 10.1 Å². The van der Waals surface area contributed by atoms with Crippen molar-refractivity contribution in [1.29, 1.82) is 0 Å². The molecule has 0 spiro atoms. The van der Waals surface area contributed by atoms with Crippen molar-refractivity contribution in [2.75, 3.05) is 11.5 Å². The highest BCUT2D eigenvalue weighted by molar-refractivity contribution is 8.00. The molecule has 0 aliphatic carbocycles. The Morgan fingerprint density at radius 3 is 2.61 bits per heavy atom. The molecule has 5 rings (SSSR count). The number of aliphatic hydroxyl groups is 1. The Morgan fingerprint density at radius 2 is 1.88 bits per heavy atom. The zero-order valence-electron chi connectivity index (χ0n) is 22.6. The molecule has 8 nitrogen and oxygen atoms in total. The average Bonchev–Trinajstić information content (AvgIpc) is 3.64. The van der Waals surface area contributed by atoms with Crippen molar-refractivity contribution in [2.45, 2.75) is 49.7 Å². The van der Waals surface area contributed by atoms with Crippen molar-refractivity contribution in [1.82, 2.24) is 15.2 Å². The molecule has 0 saturated carbocycles. The molecule has 4 aromatic rings. The number of hydrogen-bond acceptors (Lipinski definition) is 10. The lowest BCUT2D eigenvalue weighted by Gasteiger charge is -2.25. The minimum absolute atomic E-state index is 0.0657. The number of para-hydroxylation sites is 1. The highest BCUT2D eigenvalue weighted by Crippen LogP contribution is 2.46. The molecule has 2 aromatic carbocycles. The standard InChI is InChI=1S/C29H27FN4O4S3/c1-4-5-14-38-21-13-9-7-11-19(21)23-22(24(35)26-16(2)31-17(3)40-26)25(36)27(37)34(23)28-32-33-29(41-28)39-15-18-10-6-8-12-20(18)30/h6-13,23,36H,4-5,14-15H2,1-3H3. The van der Waals surface area contributed by atoms with E-state index < -0.39 is 23.5 Å². The van der Waals surface area contributed by atoms with Gasteiger partial charge in [0.25, 0.3) is 5.91 Å². The Morgan fingerprint density at radius 1 is 1.12 bits per heavy atom. The van der Waals surface area contributed by atoms with Crippen molar-refractivity contribution in [3.8, 4) is 5.75 Å². The van der Waals surface area contributed by atoms with Gasteiger partial charge in [0.05, 0.1) is 27.8 Å². The Hall–Kier alpha value is -3.61. The van der Waals surface area contributed by atoms with Gasteiger partial charge in [0.2, 0.25) is 10.9 Å². The van der Waals surface area contributed by atoms with E-state index in [1.165, 1.54) is 34.1 Å². The number of hydrogen-bond donors (Lipinski definition) is 1. The number of nitrogens with zero attached hydrogens (tertiary/aromatic N) is 4. The number of ketones is 1. The molecule has 12 heteroatoms. The van der Waals surface area contributed by atoms with Crippen LogP contribution in [0, 0.1) is 19.7 Å². The van der Waals surface area contributed by atoms with Crippen molar-refractivity contribution in [3.63, 3.8) is 0 Å². The lowest BCUT2D eigenvalue weighted by atomic mass is 9.94. The third kappa shape index (κ3) is 5.90. The second-order valence-electron chi connectivity index (χ2n) is 9.29. The first-order valence-electron chi connectivity index (χ1n) is 13.0. The Bertz CT molecular complexity index is 1630. The summed E-state index contributed by atoms with van der Waals surface area (Å²) in [7, 11) is 0. The van der Waals surface area contributed by atoms with E-state index in [4.69, 9.17) is 4.74 Å². The Balaban J connectivity index is 1.54. The van der Waals surface area contributed by atoms with Crippen LogP contribution in [0.25, 0.3) is 0 Å². The van der Waals surface area contributed by atoms with Crippen molar-refractivity contribution in [3.05, 3.63) is 92.4 Å². The molecule has 1 amide bonds. The van der Waals surface area contributed by atoms with Gasteiger partial charge < -0.3 is 9.84 Å². The normalized spacial score (nSPS) is 15.2. The van der Waals surface area contributed by atoms with Crippen LogP contribution in [0.1, 0.15) is 57.3 Å². The van der Waals surface area contributed by atoms with Crippen molar-refractivity contribution < 1.29 is 23.8 Å². The molecule has 2 aromatic heterocycles. The highest BCUT2D eigenvalue weighted by atomic mass is 32.2. The molecule has 1 aliphatic rings. The number of halogens is 1. The van der Waals surface area contributed by atoms with E-state index in [2.05, 4.69) is 22.1 Å². The number of thioether (sulfide) groups is 1. The molecule has 0 radical (unpaired) electrons. The number of Topliss-reactive ketones (excluding diaryl/α,β-unsaturated/α-hetero) is 1. The lowest BCUT2D eigenvalue weighted by molar-refractivity contribution is -0.117. The third-order valence-corrected chi connectivity index (χ3v) is 9.62. The molecule has 0 bridgehead atoms. The molecule has 212 valence electrons. The maximum absolute atomic E-state index is 14.1. The number of amides is 1. The summed E-state index contributed by atoms with van der Waals surface area (Å²) in [5.74, 6) is -1.38. The predicted molar refractivity (Wildman–Crippen MR) is 159 cm³/mol. The van der Waals surface area contributed by atoms with Crippen LogP contribution in [-0.2, 0) is 10.5 Å². The maximum Gasteiger partial charge on any atom is 0.296 e. The fraction of sp³-hybridized carbons (Fsp3) is 0.276. The quantitative estimate of drug-likeness (QED) is 0.0837.